The van der Waals surface area contributed by atoms with E-state index in [1.165, 1.54) is 24.4 Å². The van der Waals surface area contributed by atoms with Crippen molar-refractivity contribution in [1.82, 2.24) is 5.43 Å². The van der Waals surface area contributed by atoms with Crippen LogP contribution in [-0.2, 0) is 9.59 Å². The summed E-state index contributed by atoms with van der Waals surface area (Å²) in [6.07, 6.45) is 1.19. The molecule has 2 amide bonds. The second-order valence-corrected chi connectivity index (χ2v) is 6.95. The Morgan fingerprint density at radius 3 is 2.58 bits per heavy atom. The van der Waals surface area contributed by atoms with Crippen LogP contribution in [0.2, 0.25) is 10.0 Å². The minimum atomic E-state index is -1.03. The molecule has 2 N–H and O–H groups in total. The van der Waals surface area contributed by atoms with Crippen molar-refractivity contribution in [3.8, 4) is 11.3 Å². The summed E-state index contributed by atoms with van der Waals surface area (Å²) in [6.45, 7) is 1.62. The number of rotatable bonds is 5. The zero-order chi connectivity index (χ0) is 22.5. The number of amides is 2. The number of nitrogens with one attached hydrogen (secondary N) is 2. The number of halogens is 2. The number of carbonyl (C=O) groups excluding carboxylic acids is 2. The molecule has 158 valence electrons. The van der Waals surface area contributed by atoms with Gasteiger partial charge in [-0.1, -0.05) is 41.4 Å². The van der Waals surface area contributed by atoms with Gasteiger partial charge in [0.25, 0.3) is 5.69 Å². The molecule has 0 aliphatic heterocycles. The van der Waals surface area contributed by atoms with Crippen molar-refractivity contribution in [3.05, 3.63) is 80.0 Å². The van der Waals surface area contributed by atoms with Gasteiger partial charge in [0.2, 0.25) is 0 Å². The molecule has 11 heteroatoms. The van der Waals surface area contributed by atoms with Crippen LogP contribution in [0.4, 0.5) is 11.4 Å². The van der Waals surface area contributed by atoms with Gasteiger partial charge in [-0.2, -0.15) is 5.10 Å². The van der Waals surface area contributed by atoms with Gasteiger partial charge in [0, 0.05) is 17.2 Å². The molecule has 0 aliphatic rings. The number of nitro benzene ring substituents is 1. The summed E-state index contributed by atoms with van der Waals surface area (Å²) < 4.78 is 5.60. The van der Waals surface area contributed by atoms with Crippen LogP contribution >= 0.6 is 23.2 Å². The first-order valence-electron chi connectivity index (χ1n) is 8.70. The van der Waals surface area contributed by atoms with E-state index in [2.05, 4.69) is 15.8 Å². The summed E-state index contributed by atoms with van der Waals surface area (Å²) in [5.41, 5.74) is 3.22. The van der Waals surface area contributed by atoms with E-state index in [1.54, 1.807) is 37.3 Å². The van der Waals surface area contributed by atoms with Crippen LogP contribution < -0.4 is 10.7 Å². The lowest BCUT2D eigenvalue weighted by Crippen LogP contribution is -2.32. The van der Waals surface area contributed by atoms with Crippen molar-refractivity contribution in [3.63, 3.8) is 0 Å². The Balaban J connectivity index is 1.65. The van der Waals surface area contributed by atoms with Gasteiger partial charge >= 0.3 is 11.8 Å². The van der Waals surface area contributed by atoms with E-state index in [9.17, 15) is 19.7 Å². The van der Waals surface area contributed by atoms with Gasteiger partial charge in [-0.25, -0.2) is 5.43 Å². The van der Waals surface area contributed by atoms with Gasteiger partial charge in [0.05, 0.1) is 26.9 Å². The number of carbonyl (C=O) groups is 2. The van der Waals surface area contributed by atoms with Gasteiger partial charge in [0.15, 0.2) is 0 Å². The monoisotopic (exact) mass is 460 g/mol. The van der Waals surface area contributed by atoms with Gasteiger partial charge in [0.1, 0.15) is 11.5 Å². The maximum atomic E-state index is 12.0. The molecule has 0 saturated heterocycles. The summed E-state index contributed by atoms with van der Waals surface area (Å²) in [7, 11) is 0. The summed E-state index contributed by atoms with van der Waals surface area (Å²) in [6, 6.07) is 12.4. The summed E-state index contributed by atoms with van der Waals surface area (Å²) in [4.78, 5) is 34.5. The average molecular weight is 461 g/mol. The van der Waals surface area contributed by atoms with Crippen LogP contribution in [0.3, 0.4) is 0 Å². The molecule has 0 spiro atoms. The molecule has 3 aromatic rings. The second kappa shape index (κ2) is 9.41. The van der Waals surface area contributed by atoms with E-state index in [0.717, 1.165) is 0 Å². The number of hydrazone groups is 1. The molecule has 31 heavy (non-hydrogen) atoms. The van der Waals surface area contributed by atoms with Crippen molar-refractivity contribution in [2.45, 2.75) is 6.92 Å². The maximum absolute atomic E-state index is 12.0. The molecular formula is C20H14Cl2N4O5. The first-order chi connectivity index (χ1) is 14.8. The SMILES string of the molecule is Cc1c(-c2ccc(C=NNC(=O)C(=O)Nc3cccc(Cl)c3Cl)o2)cccc1[N+](=O)[O-]. The molecule has 0 aliphatic carbocycles. The second-order valence-electron chi connectivity index (χ2n) is 6.16. The van der Waals surface area contributed by atoms with Crippen molar-refractivity contribution in [2.24, 2.45) is 5.10 Å². The number of benzene rings is 2. The van der Waals surface area contributed by atoms with E-state index in [0.29, 0.717) is 16.9 Å². The molecule has 0 bridgehead atoms. The zero-order valence-electron chi connectivity index (χ0n) is 15.9. The predicted molar refractivity (Wildman–Crippen MR) is 116 cm³/mol. The van der Waals surface area contributed by atoms with Crippen molar-refractivity contribution < 1.29 is 18.9 Å². The molecule has 0 saturated carbocycles. The van der Waals surface area contributed by atoms with Gasteiger partial charge < -0.3 is 9.73 Å². The Morgan fingerprint density at radius 2 is 1.84 bits per heavy atom. The quantitative estimate of drug-likeness (QED) is 0.249. The number of furan rings is 1. The topological polar surface area (TPSA) is 127 Å². The third-order valence-corrected chi connectivity index (χ3v) is 4.98. The van der Waals surface area contributed by atoms with E-state index in [4.69, 9.17) is 27.6 Å². The third-order valence-electron chi connectivity index (χ3n) is 4.16. The maximum Gasteiger partial charge on any atom is 0.329 e. The molecule has 1 aromatic heterocycles. The first kappa shape index (κ1) is 22.0. The van der Waals surface area contributed by atoms with Crippen LogP contribution in [0, 0.1) is 17.0 Å². The third kappa shape index (κ3) is 5.08. The molecular weight excluding hydrogens is 447 g/mol. The van der Waals surface area contributed by atoms with Crippen molar-refractivity contribution in [1.29, 1.82) is 0 Å². The van der Waals surface area contributed by atoms with Gasteiger partial charge in [-0.3, -0.25) is 19.7 Å². The smallest absolute Gasteiger partial charge is 0.329 e. The number of nitro groups is 1. The first-order valence-corrected chi connectivity index (χ1v) is 9.46. The van der Waals surface area contributed by atoms with E-state index in [1.807, 2.05) is 0 Å². The van der Waals surface area contributed by atoms with Crippen LogP contribution in [0.15, 0.2) is 58.0 Å². The summed E-state index contributed by atoms with van der Waals surface area (Å²) in [5, 5.41) is 17.4. The van der Waals surface area contributed by atoms with Crippen molar-refractivity contribution >= 4 is 52.6 Å². The molecule has 0 fully saturated rings. The largest absolute Gasteiger partial charge is 0.455 e. The highest BCUT2D eigenvalue weighted by Crippen LogP contribution is 2.31. The lowest BCUT2D eigenvalue weighted by Gasteiger charge is -2.06. The van der Waals surface area contributed by atoms with E-state index in [-0.39, 0.29) is 27.2 Å². The van der Waals surface area contributed by atoms with Gasteiger partial charge in [-0.15, -0.1) is 0 Å². The highest BCUT2D eigenvalue weighted by atomic mass is 35.5. The number of hydrogen-bond acceptors (Lipinski definition) is 6. The van der Waals surface area contributed by atoms with Crippen LogP contribution in [0.5, 0.6) is 0 Å². The fraction of sp³-hybridized carbons (Fsp3) is 0.0500. The standard InChI is InChI=1S/C20H14Cl2N4O5/c1-11-13(4-2-7-16(11)26(29)30)17-9-8-12(31-17)10-23-25-20(28)19(27)24-15-6-3-5-14(21)18(15)22/h2-10H,1H3,(H,24,27)(H,25,28). The normalized spacial score (nSPS) is 10.8. The van der Waals surface area contributed by atoms with Crippen LogP contribution in [0.1, 0.15) is 11.3 Å². The molecule has 0 atom stereocenters. The minimum absolute atomic E-state index is 0.0257. The molecule has 2 aromatic carbocycles. The number of nitrogens with zero attached hydrogens (tertiary/aromatic N) is 2. The highest BCUT2D eigenvalue weighted by Gasteiger charge is 2.17. The Bertz CT molecular complexity index is 1210. The molecule has 0 radical (unpaired) electrons. The number of anilines is 1. The Labute approximate surface area is 185 Å². The average Bonchev–Trinajstić information content (AvgIpc) is 3.19. The fourth-order valence-electron chi connectivity index (χ4n) is 2.64. The lowest BCUT2D eigenvalue weighted by molar-refractivity contribution is -0.385. The van der Waals surface area contributed by atoms with Gasteiger partial charge in [-0.05, 0) is 31.2 Å². The Hall–Kier alpha value is -3.69. The van der Waals surface area contributed by atoms with Crippen LogP contribution in [0.25, 0.3) is 11.3 Å². The Kier molecular flexibility index (Phi) is 6.68. The zero-order valence-corrected chi connectivity index (χ0v) is 17.4. The number of hydrogen-bond donors (Lipinski definition) is 2. The van der Waals surface area contributed by atoms with E-state index < -0.39 is 16.7 Å². The summed E-state index contributed by atoms with van der Waals surface area (Å²) in [5.74, 6) is -1.37. The Morgan fingerprint density at radius 1 is 1.10 bits per heavy atom. The molecule has 3 rings (SSSR count). The fourth-order valence-corrected chi connectivity index (χ4v) is 2.99. The minimum Gasteiger partial charge on any atom is -0.455 e. The molecule has 1 heterocycles. The molecule has 9 nitrogen and oxygen atoms in total. The van der Waals surface area contributed by atoms with E-state index >= 15 is 0 Å². The predicted octanol–water partition coefficient (Wildman–Crippen LogP) is 4.56. The summed E-state index contributed by atoms with van der Waals surface area (Å²) >= 11 is 11.8. The molecule has 0 unspecified atom stereocenters. The lowest BCUT2D eigenvalue weighted by atomic mass is 10.1. The van der Waals surface area contributed by atoms with Crippen LogP contribution in [-0.4, -0.2) is 23.0 Å². The highest BCUT2D eigenvalue weighted by molar-refractivity contribution is 6.45. The van der Waals surface area contributed by atoms with Crippen molar-refractivity contribution in [2.75, 3.05) is 5.32 Å².